The first kappa shape index (κ1) is 35.2. The molecule has 0 saturated carbocycles. The van der Waals surface area contributed by atoms with E-state index in [4.69, 9.17) is 6.15 Å². The summed E-state index contributed by atoms with van der Waals surface area (Å²) in [6.45, 7) is 14.0. The van der Waals surface area contributed by atoms with Crippen LogP contribution < -0.4 is 0 Å². The molecule has 0 amide bonds. The topological polar surface area (TPSA) is 42.2 Å². The summed E-state index contributed by atoms with van der Waals surface area (Å²) in [6.07, 6.45) is 16.2. The summed E-state index contributed by atoms with van der Waals surface area (Å²) in [5.41, 5.74) is 0. The number of rotatable bonds is 25. The third-order valence-corrected chi connectivity index (χ3v) is 35.4. The molecule has 0 unspecified atom stereocenters. The summed E-state index contributed by atoms with van der Waals surface area (Å²) in [7, 11) is 0.646. The molecule has 34 heavy (non-hydrogen) atoms. The van der Waals surface area contributed by atoms with Crippen molar-refractivity contribution in [2.24, 2.45) is 0 Å². The van der Waals surface area contributed by atoms with Gasteiger partial charge in [0.25, 0.3) is 0 Å². The van der Waals surface area contributed by atoms with Crippen LogP contribution in [0.3, 0.4) is 0 Å². The third-order valence-electron chi connectivity index (χ3n) is 7.18. The normalized spacial score (nSPS) is 12.4. The van der Waals surface area contributed by atoms with Gasteiger partial charge in [0.2, 0.25) is 0 Å². The van der Waals surface area contributed by atoms with E-state index in [9.17, 15) is 5.26 Å². The van der Waals surface area contributed by atoms with Gasteiger partial charge in [-0.25, -0.2) is 0 Å². The first-order chi connectivity index (χ1) is 16.5. The van der Waals surface area contributed by atoms with E-state index in [0.29, 0.717) is 15.9 Å². The van der Waals surface area contributed by atoms with Crippen LogP contribution in [0.4, 0.5) is 0 Å². The van der Waals surface area contributed by atoms with E-state index < -0.39 is 37.6 Å². The molecule has 0 atom stereocenters. The Labute approximate surface area is 226 Å². The van der Waals surface area contributed by atoms with Crippen molar-refractivity contribution in [1.29, 1.82) is 5.26 Å². The van der Waals surface area contributed by atoms with Gasteiger partial charge in [-0.2, -0.15) is 0 Å². The molecular weight excluding hydrogens is 648 g/mol. The van der Waals surface area contributed by atoms with Gasteiger partial charge in [-0.05, 0) is 0 Å². The van der Waals surface area contributed by atoms with Crippen molar-refractivity contribution in [2.45, 2.75) is 164 Å². The van der Waals surface area contributed by atoms with E-state index >= 15 is 0 Å². The molecule has 0 aromatic rings. The van der Waals surface area contributed by atoms with Crippen molar-refractivity contribution in [3.8, 4) is 6.07 Å². The van der Waals surface area contributed by atoms with Crippen molar-refractivity contribution in [3.05, 3.63) is 0 Å². The van der Waals surface area contributed by atoms with Crippen molar-refractivity contribution in [3.63, 3.8) is 0 Å². The van der Waals surface area contributed by atoms with Crippen LogP contribution in [-0.2, 0) is 6.15 Å². The average molecular weight is 707 g/mol. The van der Waals surface area contributed by atoms with Crippen molar-refractivity contribution >= 4 is 47.1 Å². The second kappa shape index (κ2) is 23.3. The molecule has 0 spiro atoms. The second-order valence-electron chi connectivity index (χ2n) is 10.4. The van der Waals surface area contributed by atoms with Crippen LogP contribution in [0.1, 0.15) is 125 Å². The SMILES string of the molecule is CCC[CH2][Sn]([CH2]CCC)([CH2]CCC)[O]C([O][Sn]([CH2]CCC)([CH2]CCC)[CH2]CCC)[Si]CCC#N. The van der Waals surface area contributed by atoms with E-state index in [1.165, 1.54) is 104 Å². The monoisotopic (exact) mass is 709 g/mol. The number of hydrogen-bond donors (Lipinski definition) is 0. The van der Waals surface area contributed by atoms with E-state index in [1.54, 1.807) is 0 Å². The molecule has 0 aliphatic rings. The van der Waals surface area contributed by atoms with Gasteiger partial charge in [0.1, 0.15) is 0 Å². The molecular formula is C28H59NO2SiSn2. The molecule has 0 fully saturated rings. The zero-order chi connectivity index (χ0) is 25.5. The fourth-order valence-electron chi connectivity index (χ4n) is 4.90. The van der Waals surface area contributed by atoms with Gasteiger partial charge in [0, 0.05) is 0 Å². The second-order valence-corrected chi connectivity index (χ2v) is 35.2. The number of hydrogen-bond acceptors (Lipinski definition) is 3. The maximum absolute atomic E-state index is 9.24. The molecule has 3 nitrogen and oxygen atoms in total. The zero-order valence-electron chi connectivity index (χ0n) is 24.0. The zero-order valence-corrected chi connectivity index (χ0v) is 30.7. The van der Waals surface area contributed by atoms with Crippen LogP contribution in [0.2, 0.25) is 32.7 Å². The van der Waals surface area contributed by atoms with E-state index in [0.717, 1.165) is 6.04 Å². The van der Waals surface area contributed by atoms with Gasteiger partial charge in [0.15, 0.2) is 0 Å². The van der Waals surface area contributed by atoms with Crippen LogP contribution in [-0.4, -0.2) is 53.0 Å². The predicted octanol–water partition coefficient (Wildman–Crippen LogP) is 10.0. The fourth-order valence-corrected chi connectivity index (χ4v) is 37.4. The molecule has 0 aromatic carbocycles. The maximum atomic E-state index is 9.24. The van der Waals surface area contributed by atoms with Gasteiger partial charge >= 0.3 is 228 Å². The van der Waals surface area contributed by atoms with Gasteiger partial charge in [0.05, 0.1) is 0 Å². The summed E-state index contributed by atoms with van der Waals surface area (Å²) >= 11 is -5.53. The molecule has 0 saturated heterocycles. The molecule has 0 heterocycles. The first-order valence-electron chi connectivity index (χ1n) is 15.0. The molecule has 0 aliphatic heterocycles. The molecule has 0 N–H and O–H groups in total. The molecule has 200 valence electrons. The molecule has 0 rings (SSSR count). The van der Waals surface area contributed by atoms with E-state index in [1.807, 2.05) is 0 Å². The summed E-state index contributed by atoms with van der Waals surface area (Å²) in [5, 5.41) is 9.24. The van der Waals surface area contributed by atoms with Crippen molar-refractivity contribution in [1.82, 2.24) is 0 Å². The first-order valence-corrected chi connectivity index (χ1v) is 30.7. The van der Waals surface area contributed by atoms with Gasteiger partial charge in [-0.1, -0.05) is 0 Å². The minimum atomic E-state index is -2.77. The van der Waals surface area contributed by atoms with Crippen LogP contribution in [0.5, 0.6) is 0 Å². The van der Waals surface area contributed by atoms with Gasteiger partial charge < -0.3 is 0 Å². The van der Waals surface area contributed by atoms with Crippen LogP contribution in [0.15, 0.2) is 0 Å². The van der Waals surface area contributed by atoms with Crippen molar-refractivity contribution in [2.75, 3.05) is 0 Å². The Kier molecular flexibility index (Phi) is 24.2. The Bertz CT molecular complexity index is 424. The molecule has 0 aromatic heterocycles. The predicted molar refractivity (Wildman–Crippen MR) is 157 cm³/mol. The summed E-state index contributed by atoms with van der Waals surface area (Å²) < 4.78 is 23.1. The molecule has 6 heteroatoms. The number of nitrogens with zero attached hydrogens (tertiary/aromatic N) is 1. The van der Waals surface area contributed by atoms with Crippen molar-refractivity contribution < 1.29 is 6.15 Å². The standard InChI is InChI=1S/C4H5NO2Si.6C4H9.2Sn/c5-2-1-3-8-4(6)7;6*1-3-4-2;;/h4H,1,3H2;6*1,3-4H2,2H3;;/q-2;;;;;;;2*+1. The Hall–Kier alpha value is 1.22. The summed E-state index contributed by atoms with van der Waals surface area (Å²) in [5.74, 6) is 0.0242. The van der Waals surface area contributed by atoms with Crippen LogP contribution in [0, 0.1) is 11.3 Å². The summed E-state index contributed by atoms with van der Waals surface area (Å²) in [4.78, 5) is 0. The minimum absolute atomic E-state index is 0.0242. The fraction of sp³-hybridized carbons (Fsp3) is 0.964. The Morgan fingerprint density at radius 2 is 0.882 bits per heavy atom. The van der Waals surface area contributed by atoms with E-state index in [2.05, 4.69) is 47.6 Å². The average Bonchev–Trinajstić information content (AvgIpc) is 2.85. The van der Waals surface area contributed by atoms with Crippen LogP contribution in [0.25, 0.3) is 0 Å². The quantitative estimate of drug-likeness (QED) is 0.0539. The van der Waals surface area contributed by atoms with Gasteiger partial charge in [-0.15, -0.1) is 0 Å². The van der Waals surface area contributed by atoms with Gasteiger partial charge in [-0.3, -0.25) is 0 Å². The molecule has 2 radical (unpaired) electrons. The van der Waals surface area contributed by atoms with Crippen LogP contribution >= 0.6 is 0 Å². The van der Waals surface area contributed by atoms with E-state index in [-0.39, 0.29) is 5.91 Å². The summed E-state index contributed by atoms with van der Waals surface area (Å²) in [6, 6.07) is 3.34. The Morgan fingerprint density at radius 1 is 0.588 bits per heavy atom. The third kappa shape index (κ3) is 16.1. The number of nitriles is 1. The molecule has 0 aliphatic carbocycles. The Morgan fingerprint density at radius 3 is 1.12 bits per heavy atom. The Balaban J connectivity index is 6.00. The molecule has 0 bridgehead atoms. The number of unbranched alkanes of at least 4 members (excludes halogenated alkanes) is 6.